The van der Waals surface area contributed by atoms with Crippen LogP contribution in [0.25, 0.3) is 10.2 Å². The minimum atomic E-state index is -3.60. The molecule has 0 radical (unpaired) electrons. The number of aryl methyl sites for hydroxylation is 1. The number of benzene rings is 2. The molecule has 1 saturated heterocycles. The summed E-state index contributed by atoms with van der Waals surface area (Å²) in [5.74, 6) is 0.330. The number of sulfonamides is 1. The molecule has 10 heteroatoms. The molecule has 4 aromatic rings. The lowest BCUT2D eigenvalue weighted by Crippen LogP contribution is -2.44. The molecule has 2 aromatic heterocycles. The van der Waals surface area contributed by atoms with Crippen LogP contribution in [0.2, 0.25) is 0 Å². The van der Waals surface area contributed by atoms with Crippen LogP contribution in [0.3, 0.4) is 0 Å². The largest absolute Gasteiger partial charge is 0.467 e. The Balaban J connectivity index is 1.35. The first-order chi connectivity index (χ1) is 17.4. The van der Waals surface area contributed by atoms with Crippen LogP contribution >= 0.6 is 23.1 Å². The van der Waals surface area contributed by atoms with Gasteiger partial charge in [0.1, 0.15) is 5.76 Å². The topological polar surface area (TPSA) is 83.7 Å². The molecule has 3 heterocycles. The quantitative estimate of drug-likeness (QED) is 0.285. The predicted octanol–water partition coefficient (Wildman–Crippen LogP) is 5.55. The van der Waals surface area contributed by atoms with Gasteiger partial charge >= 0.3 is 0 Å². The lowest BCUT2D eigenvalue weighted by atomic mass is 9.96. The smallest absolute Gasteiger partial charge is 0.243 e. The van der Waals surface area contributed by atoms with Crippen LogP contribution < -0.4 is 4.90 Å². The SMILES string of the molecule is CSc1ccc(S(=O)(=O)N2CCC(C(=O)N(Cc3ccco3)c3nc4c(C)cccc4s3)CC2)cc1. The molecular weight excluding hydrogens is 515 g/mol. The van der Waals surface area contributed by atoms with E-state index in [2.05, 4.69) is 0 Å². The zero-order valence-electron chi connectivity index (χ0n) is 20.1. The molecular formula is C26H27N3O4S3. The van der Waals surface area contributed by atoms with E-state index in [1.807, 2.05) is 49.6 Å². The van der Waals surface area contributed by atoms with Gasteiger partial charge in [0.15, 0.2) is 5.13 Å². The Labute approximate surface area is 219 Å². The molecule has 1 amide bonds. The van der Waals surface area contributed by atoms with E-state index in [9.17, 15) is 13.2 Å². The van der Waals surface area contributed by atoms with Crippen molar-refractivity contribution >= 4 is 54.4 Å². The predicted molar refractivity (Wildman–Crippen MR) is 144 cm³/mol. The number of hydrogen-bond donors (Lipinski definition) is 0. The highest BCUT2D eigenvalue weighted by molar-refractivity contribution is 7.98. The number of aromatic nitrogens is 1. The Morgan fingerprint density at radius 1 is 1.14 bits per heavy atom. The molecule has 36 heavy (non-hydrogen) atoms. The van der Waals surface area contributed by atoms with E-state index in [1.165, 1.54) is 15.6 Å². The highest BCUT2D eigenvalue weighted by atomic mass is 32.2. The third kappa shape index (κ3) is 4.95. The summed E-state index contributed by atoms with van der Waals surface area (Å²) < 4.78 is 34.4. The van der Waals surface area contributed by atoms with Crippen molar-refractivity contribution in [1.82, 2.24) is 9.29 Å². The van der Waals surface area contributed by atoms with Gasteiger partial charge < -0.3 is 4.42 Å². The Kier molecular flexibility index (Phi) is 7.21. The van der Waals surface area contributed by atoms with E-state index in [-0.39, 0.29) is 23.3 Å². The number of rotatable bonds is 7. The van der Waals surface area contributed by atoms with Gasteiger partial charge in [-0.3, -0.25) is 9.69 Å². The molecule has 0 saturated carbocycles. The van der Waals surface area contributed by atoms with Gasteiger partial charge in [-0.05, 0) is 74.0 Å². The van der Waals surface area contributed by atoms with Gasteiger partial charge in [-0.25, -0.2) is 13.4 Å². The number of nitrogens with zero attached hydrogens (tertiary/aromatic N) is 3. The van der Waals surface area contributed by atoms with Gasteiger partial charge in [-0.1, -0.05) is 23.5 Å². The minimum Gasteiger partial charge on any atom is -0.467 e. The van der Waals surface area contributed by atoms with E-state index in [1.54, 1.807) is 41.1 Å². The van der Waals surface area contributed by atoms with Crippen molar-refractivity contribution in [2.75, 3.05) is 24.2 Å². The molecule has 2 aromatic carbocycles. The first-order valence-electron chi connectivity index (χ1n) is 11.7. The highest BCUT2D eigenvalue weighted by Crippen LogP contribution is 2.34. The summed E-state index contributed by atoms with van der Waals surface area (Å²) in [7, 11) is -3.60. The Bertz CT molecular complexity index is 1460. The summed E-state index contributed by atoms with van der Waals surface area (Å²) in [5, 5.41) is 0.629. The van der Waals surface area contributed by atoms with Crippen LogP contribution in [0.4, 0.5) is 5.13 Å². The number of carbonyl (C=O) groups excluding carboxylic acids is 1. The number of hydrogen-bond acceptors (Lipinski definition) is 7. The number of furan rings is 1. The minimum absolute atomic E-state index is 0.0514. The number of piperidine rings is 1. The molecule has 0 spiro atoms. The number of thioether (sulfide) groups is 1. The molecule has 0 bridgehead atoms. The summed E-state index contributed by atoms with van der Waals surface area (Å²) in [4.78, 5) is 21.5. The fourth-order valence-electron chi connectivity index (χ4n) is 4.45. The maximum atomic E-state index is 13.8. The summed E-state index contributed by atoms with van der Waals surface area (Å²) in [6, 6.07) is 16.6. The van der Waals surface area contributed by atoms with E-state index >= 15 is 0 Å². The molecule has 0 aliphatic carbocycles. The zero-order valence-corrected chi connectivity index (χ0v) is 22.5. The zero-order chi connectivity index (χ0) is 25.3. The average Bonchev–Trinajstić information content (AvgIpc) is 3.57. The molecule has 7 nitrogen and oxygen atoms in total. The maximum Gasteiger partial charge on any atom is 0.243 e. The van der Waals surface area contributed by atoms with Crippen molar-refractivity contribution in [2.45, 2.75) is 36.1 Å². The number of fused-ring (bicyclic) bond motifs is 1. The van der Waals surface area contributed by atoms with Gasteiger partial charge in [-0.2, -0.15) is 4.31 Å². The average molecular weight is 542 g/mol. The van der Waals surface area contributed by atoms with Crippen molar-refractivity contribution in [1.29, 1.82) is 0 Å². The van der Waals surface area contributed by atoms with Crippen LogP contribution in [0.15, 0.2) is 75.1 Å². The monoisotopic (exact) mass is 541 g/mol. The highest BCUT2D eigenvalue weighted by Gasteiger charge is 2.35. The maximum absolute atomic E-state index is 13.8. The normalized spacial score (nSPS) is 15.4. The van der Waals surface area contributed by atoms with E-state index in [4.69, 9.17) is 9.40 Å². The molecule has 0 N–H and O–H groups in total. The van der Waals surface area contributed by atoms with Crippen molar-refractivity contribution in [3.8, 4) is 0 Å². The number of thiazole rings is 1. The molecule has 0 atom stereocenters. The van der Waals surface area contributed by atoms with Gasteiger partial charge in [0.2, 0.25) is 15.9 Å². The number of amides is 1. The second-order valence-electron chi connectivity index (χ2n) is 8.78. The summed E-state index contributed by atoms with van der Waals surface area (Å²) in [6.45, 7) is 2.90. The molecule has 5 rings (SSSR count). The van der Waals surface area contributed by atoms with Crippen molar-refractivity contribution in [3.63, 3.8) is 0 Å². The number of para-hydroxylation sites is 1. The van der Waals surface area contributed by atoms with E-state index in [0.717, 1.165) is 20.7 Å². The summed E-state index contributed by atoms with van der Waals surface area (Å²) >= 11 is 3.05. The number of anilines is 1. The molecule has 1 aliphatic heterocycles. The second-order valence-corrected chi connectivity index (χ2v) is 12.6. The fraction of sp³-hybridized carbons (Fsp3) is 0.308. The van der Waals surface area contributed by atoms with Gasteiger partial charge in [-0.15, -0.1) is 11.8 Å². The van der Waals surface area contributed by atoms with Crippen molar-refractivity contribution < 1.29 is 17.6 Å². The molecule has 0 unspecified atom stereocenters. The van der Waals surface area contributed by atoms with E-state index < -0.39 is 10.0 Å². The Morgan fingerprint density at radius 2 is 1.89 bits per heavy atom. The third-order valence-corrected chi connectivity index (χ3v) is 10.2. The summed E-state index contributed by atoms with van der Waals surface area (Å²) in [5.41, 5.74) is 1.95. The lowest BCUT2D eigenvalue weighted by molar-refractivity contribution is -0.123. The van der Waals surface area contributed by atoms with Gasteiger partial charge in [0.05, 0.1) is 27.9 Å². The molecule has 1 aliphatic rings. The van der Waals surface area contributed by atoms with Gasteiger partial charge in [0.25, 0.3) is 0 Å². The lowest BCUT2D eigenvalue weighted by Gasteiger charge is -2.32. The number of carbonyl (C=O) groups is 1. The van der Waals surface area contributed by atoms with Crippen LogP contribution in [-0.4, -0.2) is 43.0 Å². The Morgan fingerprint density at radius 3 is 2.53 bits per heavy atom. The van der Waals surface area contributed by atoms with Crippen molar-refractivity contribution in [3.05, 3.63) is 72.2 Å². The van der Waals surface area contributed by atoms with Crippen LogP contribution in [0.5, 0.6) is 0 Å². The van der Waals surface area contributed by atoms with Crippen LogP contribution in [0, 0.1) is 12.8 Å². The molecule has 188 valence electrons. The second kappa shape index (κ2) is 10.4. The fourth-order valence-corrected chi connectivity index (χ4v) is 7.37. The first-order valence-corrected chi connectivity index (χ1v) is 15.2. The third-order valence-electron chi connectivity index (χ3n) is 6.50. The van der Waals surface area contributed by atoms with Crippen LogP contribution in [-0.2, 0) is 21.4 Å². The standard InChI is InChI=1S/C26H27N3O4S3/c1-18-5-3-7-23-24(18)27-26(35-23)29(17-20-6-4-16-33-20)25(30)19-12-14-28(15-13-19)36(31,32)22-10-8-21(34-2)9-11-22/h3-11,16,19H,12-15,17H2,1-2H3. The Hall–Kier alpha value is -2.66. The summed E-state index contributed by atoms with van der Waals surface area (Å²) in [6.07, 6.45) is 4.46. The van der Waals surface area contributed by atoms with Crippen molar-refractivity contribution in [2.24, 2.45) is 5.92 Å². The molecule has 1 fully saturated rings. The van der Waals surface area contributed by atoms with Gasteiger partial charge in [0, 0.05) is 23.9 Å². The van der Waals surface area contributed by atoms with E-state index in [0.29, 0.717) is 36.8 Å². The first kappa shape index (κ1) is 25.0. The van der Waals surface area contributed by atoms with Crippen LogP contribution in [0.1, 0.15) is 24.2 Å².